The molecule has 10 heteroatoms. The minimum Gasteiger partial charge on any atom is -0.508 e. The third-order valence-corrected chi connectivity index (χ3v) is 6.21. The quantitative estimate of drug-likeness (QED) is 0.426. The Labute approximate surface area is 178 Å². The van der Waals surface area contributed by atoms with Crippen molar-refractivity contribution >= 4 is 42.3 Å². The summed E-state index contributed by atoms with van der Waals surface area (Å²) in [5.41, 5.74) is 1.53. The zero-order valence-electron chi connectivity index (χ0n) is 15.1. The average molecular weight is 446 g/mol. The van der Waals surface area contributed by atoms with Gasteiger partial charge in [-0.05, 0) is 30.9 Å². The van der Waals surface area contributed by atoms with E-state index in [0.717, 1.165) is 0 Å². The molecule has 3 aliphatic rings. The van der Waals surface area contributed by atoms with Gasteiger partial charge in [-0.1, -0.05) is 12.1 Å². The fourth-order valence-electron chi connectivity index (χ4n) is 4.92. The second-order valence-electron chi connectivity index (χ2n) is 7.67. The lowest BCUT2D eigenvalue weighted by molar-refractivity contribution is -0.159. The summed E-state index contributed by atoms with van der Waals surface area (Å²) in [6.45, 7) is 0. The van der Waals surface area contributed by atoms with Crippen LogP contribution in [0.15, 0.2) is 29.5 Å². The van der Waals surface area contributed by atoms with Crippen molar-refractivity contribution in [2.24, 2.45) is 17.1 Å². The van der Waals surface area contributed by atoms with Crippen molar-refractivity contribution in [2.75, 3.05) is 0 Å². The topological polar surface area (TPSA) is 158 Å². The highest BCUT2D eigenvalue weighted by Gasteiger charge is 2.64. The number of primary amides is 1. The summed E-state index contributed by atoms with van der Waals surface area (Å²) in [6, 6.07) is 4.40. The molecule has 4 unspecified atom stereocenters. The summed E-state index contributed by atoms with van der Waals surface area (Å²) in [6.07, 6.45) is -1.63. The normalized spacial score (nSPS) is 32.9. The van der Waals surface area contributed by atoms with Gasteiger partial charge in [0.1, 0.15) is 11.5 Å². The van der Waals surface area contributed by atoms with Crippen molar-refractivity contribution in [2.45, 2.75) is 37.4 Å². The molecule has 0 radical (unpaired) electrons. The smallest absolute Gasteiger partial charge is 0.228 e. The number of hydrogen-bond acceptors (Lipinski definition) is 7. The summed E-state index contributed by atoms with van der Waals surface area (Å²) < 4.78 is 0. The lowest BCUT2D eigenvalue weighted by Crippen LogP contribution is -2.62. The first-order valence-electron chi connectivity index (χ1n) is 8.66. The maximum Gasteiger partial charge on any atom is 0.228 e. The fourth-order valence-corrected chi connectivity index (χ4v) is 4.92. The molecular formula is C19H21Cl2NO7. The van der Waals surface area contributed by atoms with E-state index >= 15 is 0 Å². The Morgan fingerprint density at radius 2 is 1.83 bits per heavy atom. The van der Waals surface area contributed by atoms with Crippen LogP contribution in [0.25, 0.3) is 0 Å². The molecule has 158 valence electrons. The van der Waals surface area contributed by atoms with E-state index < -0.39 is 51.8 Å². The van der Waals surface area contributed by atoms with Crippen LogP contribution in [0.4, 0.5) is 0 Å². The van der Waals surface area contributed by atoms with E-state index in [0.29, 0.717) is 5.56 Å². The molecule has 1 amide bonds. The van der Waals surface area contributed by atoms with Gasteiger partial charge >= 0.3 is 0 Å². The number of Topliss-reactive ketones (excluding diaryl/α,β-unsaturated/α-hetero) is 2. The molecule has 0 saturated heterocycles. The van der Waals surface area contributed by atoms with Gasteiger partial charge in [0.05, 0.1) is 22.7 Å². The van der Waals surface area contributed by atoms with Crippen LogP contribution >= 0.6 is 24.8 Å². The number of amides is 1. The van der Waals surface area contributed by atoms with E-state index in [1.807, 2.05) is 0 Å². The van der Waals surface area contributed by atoms with Gasteiger partial charge in [-0.3, -0.25) is 14.4 Å². The van der Waals surface area contributed by atoms with Crippen LogP contribution in [0, 0.1) is 11.3 Å². The Morgan fingerprint density at radius 3 is 2.45 bits per heavy atom. The highest BCUT2D eigenvalue weighted by molar-refractivity contribution is 6.18. The van der Waals surface area contributed by atoms with Crippen molar-refractivity contribution in [1.82, 2.24) is 0 Å². The Morgan fingerprint density at radius 1 is 1.17 bits per heavy atom. The van der Waals surface area contributed by atoms with Crippen LogP contribution in [0.3, 0.4) is 0 Å². The molecule has 0 spiro atoms. The summed E-state index contributed by atoms with van der Waals surface area (Å²) in [7, 11) is 0. The third kappa shape index (κ3) is 2.85. The van der Waals surface area contributed by atoms with Gasteiger partial charge in [-0.2, -0.15) is 0 Å². The van der Waals surface area contributed by atoms with Crippen molar-refractivity contribution in [1.29, 1.82) is 0 Å². The number of phenolic OH excluding ortho intramolecular Hbond substituents is 1. The van der Waals surface area contributed by atoms with Gasteiger partial charge in [0, 0.05) is 12.3 Å². The zero-order chi connectivity index (χ0) is 19.7. The largest absolute Gasteiger partial charge is 0.508 e. The van der Waals surface area contributed by atoms with Crippen molar-refractivity contribution < 1.29 is 34.8 Å². The maximum absolute atomic E-state index is 13.1. The SMILES string of the molecule is Cl.Cl.NC(=O)C12Cc3cccc(O)c3C(=O)C1=C(O)C1(O)C(=O)CC(O)CC1C2. The lowest BCUT2D eigenvalue weighted by atomic mass is 9.53. The molecule has 29 heavy (non-hydrogen) atoms. The highest BCUT2D eigenvalue weighted by atomic mass is 35.5. The maximum atomic E-state index is 13.1. The molecule has 0 bridgehead atoms. The Hall–Kier alpha value is -2.13. The monoisotopic (exact) mass is 445 g/mol. The molecule has 0 aromatic heterocycles. The Bertz CT molecular complexity index is 946. The molecule has 6 N–H and O–H groups in total. The van der Waals surface area contributed by atoms with E-state index in [4.69, 9.17) is 5.73 Å². The van der Waals surface area contributed by atoms with E-state index in [2.05, 4.69) is 0 Å². The van der Waals surface area contributed by atoms with E-state index in [9.17, 15) is 34.8 Å². The average Bonchev–Trinajstić information content (AvgIpc) is 2.57. The zero-order valence-corrected chi connectivity index (χ0v) is 16.8. The molecule has 0 heterocycles. The number of carbonyl (C=O) groups excluding carboxylic acids is 3. The lowest BCUT2D eigenvalue weighted by Gasteiger charge is -2.50. The summed E-state index contributed by atoms with van der Waals surface area (Å²) in [5.74, 6) is -4.71. The number of nitrogens with two attached hydrogens (primary N) is 1. The van der Waals surface area contributed by atoms with Crippen LogP contribution in [-0.4, -0.2) is 49.6 Å². The summed E-state index contributed by atoms with van der Waals surface area (Å²) in [4.78, 5) is 38.1. The van der Waals surface area contributed by atoms with Gasteiger partial charge in [0.2, 0.25) is 5.91 Å². The minimum absolute atomic E-state index is 0. The molecule has 1 aromatic carbocycles. The van der Waals surface area contributed by atoms with Crippen LogP contribution in [0.1, 0.15) is 35.2 Å². The number of phenols is 1. The molecule has 1 saturated carbocycles. The van der Waals surface area contributed by atoms with E-state index in [-0.39, 0.29) is 61.8 Å². The number of aliphatic hydroxyl groups is 3. The fraction of sp³-hybridized carbons (Fsp3) is 0.421. The molecule has 4 atom stereocenters. The van der Waals surface area contributed by atoms with Gasteiger partial charge in [-0.25, -0.2) is 0 Å². The molecule has 8 nitrogen and oxygen atoms in total. The highest BCUT2D eigenvalue weighted by Crippen LogP contribution is 2.56. The van der Waals surface area contributed by atoms with Crippen molar-refractivity contribution in [3.05, 3.63) is 40.7 Å². The first-order valence-corrected chi connectivity index (χ1v) is 8.66. The van der Waals surface area contributed by atoms with Crippen molar-refractivity contribution in [3.63, 3.8) is 0 Å². The second-order valence-corrected chi connectivity index (χ2v) is 7.67. The van der Waals surface area contributed by atoms with Gasteiger partial charge < -0.3 is 26.2 Å². The molecule has 4 rings (SSSR count). The molecular weight excluding hydrogens is 425 g/mol. The number of ketones is 2. The van der Waals surface area contributed by atoms with E-state index in [1.165, 1.54) is 12.1 Å². The van der Waals surface area contributed by atoms with Crippen LogP contribution in [0.5, 0.6) is 5.75 Å². The van der Waals surface area contributed by atoms with E-state index in [1.54, 1.807) is 6.07 Å². The minimum atomic E-state index is -2.36. The summed E-state index contributed by atoms with van der Waals surface area (Å²) >= 11 is 0. The number of carbonyl (C=O) groups is 3. The predicted octanol–water partition coefficient (Wildman–Crippen LogP) is 0.733. The number of halogens is 2. The number of aliphatic hydroxyl groups excluding tert-OH is 2. The van der Waals surface area contributed by atoms with Gasteiger partial charge in [0.15, 0.2) is 17.2 Å². The van der Waals surface area contributed by atoms with Crippen LogP contribution in [-0.2, 0) is 16.0 Å². The number of rotatable bonds is 1. The Kier molecular flexibility index (Phi) is 5.81. The van der Waals surface area contributed by atoms with Crippen LogP contribution < -0.4 is 5.73 Å². The number of aromatic hydroxyl groups is 1. The summed E-state index contributed by atoms with van der Waals surface area (Å²) in [5, 5.41) is 41.9. The van der Waals surface area contributed by atoms with Gasteiger partial charge in [-0.15, -0.1) is 24.8 Å². The number of fused-ring (bicyclic) bond motifs is 3. The first-order chi connectivity index (χ1) is 12.6. The Balaban J connectivity index is 0.00000150. The predicted molar refractivity (Wildman–Crippen MR) is 105 cm³/mol. The molecule has 0 aliphatic heterocycles. The van der Waals surface area contributed by atoms with Crippen molar-refractivity contribution in [3.8, 4) is 5.75 Å². The number of benzene rings is 1. The molecule has 1 aromatic rings. The standard InChI is InChI=1S/C19H19NO7.2ClH/c20-17(26)18-6-8-2-1-3-11(22)13(8)15(24)14(18)16(25)19(27)9(7-18)4-10(21)5-12(19)23;;/h1-3,9-10,21-22,25,27H,4-7H2,(H2,20,26);2*1H. The molecule has 1 fully saturated rings. The second kappa shape index (κ2) is 7.28. The molecule has 3 aliphatic carbocycles. The number of hydrogen-bond donors (Lipinski definition) is 5. The third-order valence-electron chi connectivity index (χ3n) is 6.21. The van der Waals surface area contributed by atoms with Crippen LogP contribution in [0.2, 0.25) is 0 Å². The first kappa shape index (κ1) is 23.2. The van der Waals surface area contributed by atoms with Gasteiger partial charge in [0.25, 0.3) is 0 Å².